The van der Waals surface area contributed by atoms with E-state index < -0.39 is 0 Å². The van der Waals surface area contributed by atoms with Gasteiger partial charge in [0.2, 0.25) is 0 Å². The molecule has 17 heavy (non-hydrogen) atoms. The first-order valence-electron chi connectivity index (χ1n) is 5.16. The van der Waals surface area contributed by atoms with Gasteiger partial charge in [-0.15, -0.1) is 0 Å². The molecule has 0 unspecified atom stereocenters. The Bertz CT molecular complexity index is 390. The van der Waals surface area contributed by atoms with E-state index in [0.717, 1.165) is 0 Å². The molecule has 0 fully saturated rings. The molecular formula is C12H15ClN2O2. The fraction of sp³-hybridized carbons (Fsp3) is 0.250. The number of halogens is 1. The molecule has 0 bridgehead atoms. The number of carbonyl (C=O) groups excluding carboxylic acids is 1. The lowest BCUT2D eigenvalue weighted by Crippen LogP contribution is -2.30. The van der Waals surface area contributed by atoms with E-state index in [1.807, 2.05) is 0 Å². The largest absolute Gasteiger partial charge is 0.484 e. The van der Waals surface area contributed by atoms with Crippen molar-refractivity contribution in [3.8, 4) is 5.75 Å². The van der Waals surface area contributed by atoms with Crippen molar-refractivity contribution in [2.75, 3.05) is 13.2 Å². The first kappa shape index (κ1) is 13.4. The predicted octanol–water partition coefficient (Wildman–Crippen LogP) is 1.70. The lowest BCUT2D eigenvalue weighted by Gasteiger charge is -2.07. The van der Waals surface area contributed by atoms with Gasteiger partial charge in [-0.25, -0.2) is 0 Å². The summed E-state index contributed by atoms with van der Waals surface area (Å²) in [5, 5.41) is 3.29. The summed E-state index contributed by atoms with van der Waals surface area (Å²) in [4.78, 5) is 11.3. The van der Waals surface area contributed by atoms with Gasteiger partial charge in [-0.3, -0.25) is 4.79 Å². The highest BCUT2D eigenvalue weighted by molar-refractivity contribution is 6.30. The molecule has 0 aromatic heterocycles. The van der Waals surface area contributed by atoms with Gasteiger partial charge in [-0.2, -0.15) is 0 Å². The van der Waals surface area contributed by atoms with Crippen molar-refractivity contribution >= 4 is 17.5 Å². The van der Waals surface area contributed by atoms with E-state index in [4.69, 9.17) is 22.1 Å². The third kappa shape index (κ3) is 5.82. The fourth-order valence-electron chi connectivity index (χ4n) is 1.09. The van der Waals surface area contributed by atoms with E-state index in [9.17, 15) is 4.79 Å². The molecule has 0 atom stereocenters. The highest BCUT2D eigenvalue weighted by Gasteiger charge is 2.02. The Labute approximate surface area is 105 Å². The number of nitrogens with one attached hydrogen (secondary N) is 1. The molecule has 0 saturated carbocycles. The van der Waals surface area contributed by atoms with E-state index in [1.165, 1.54) is 0 Å². The van der Waals surface area contributed by atoms with Crippen molar-refractivity contribution < 1.29 is 9.53 Å². The summed E-state index contributed by atoms with van der Waals surface area (Å²) in [6.07, 6.45) is 0.562. The smallest absolute Gasteiger partial charge is 0.257 e. The minimum atomic E-state index is -0.193. The van der Waals surface area contributed by atoms with Crippen LogP contribution in [0.1, 0.15) is 6.42 Å². The molecule has 3 N–H and O–H groups in total. The molecular weight excluding hydrogens is 240 g/mol. The van der Waals surface area contributed by atoms with Gasteiger partial charge in [0.1, 0.15) is 5.75 Å². The molecule has 0 aliphatic rings. The Kier molecular flexibility index (Phi) is 5.36. The quantitative estimate of drug-likeness (QED) is 0.812. The molecule has 0 heterocycles. The Morgan fingerprint density at radius 3 is 2.65 bits per heavy atom. The first-order valence-corrected chi connectivity index (χ1v) is 5.54. The standard InChI is InChI=1S/C12H15ClN2O2/c1-9(14)6-7-15-12(16)8-17-11-4-2-10(13)3-5-11/h2-5H,1,6-8,14H2,(H,15,16). The highest BCUT2D eigenvalue weighted by atomic mass is 35.5. The molecule has 0 aliphatic heterocycles. The molecule has 0 radical (unpaired) electrons. The van der Waals surface area contributed by atoms with Crippen LogP contribution in [0, 0.1) is 0 Å². The highest BCUT2D eigenvalue weighted by Crippen LogP contribution is 2.15. The number of hydrogen-bond acceptors (Lipinski definition) is 3. The van der Waals surface area contributed by atoms with Crippen LogP contribution in [0.4, 0.5) is 0 Å². The molecule has 5 heteroatoms. The molecule has 0 spiro atoms. The van der Waals surface area contributed by atoms with E-state index >= 15 is 0 Å². The van der Waals surface area contributed by atoms with Gasteiger partial charge < -0.3 is 15.8 Å². The van der Waals surface area contributed by atoms with Crippen LogP contribution in [0.2, 0.25) is 5.02 Å². The van der Waals surface area contributed by atoms with Crippen molar-refractivity contribution in [3.05, 3.63) is 41.6 Å². The molecule has 1 aromatic rings. The fourth-order valence-corrected chi connectivity index (χ4v) is 1.22. The summed E-state index contributed by atoms with van der Waals surface area (Å²) in [5.41, 5.74) is 5.91. The second kappa shape index (κ2) is 6.81. The number of amides is 1. The van der Waals surface area contributed by atoms with Gasteiger partial charge >= 0.3 is 0 Å². The molecule has 1 amide bonds. The van der Waals surface area contributed by atoms with E-state index in [0.29, 0.717) is 29.4 Å². The maximum atomic E-state index is 11.3. The van der Waals surface area contributed by atoms with Crippen LogP contribution in [0.25, 0.3) is 0 Å². The van der Waals surface area contributed by atoms with Crippen molar-refractivity contribution in [3.63, 3.8) is 0 Å². The Morgan fingerprint density at radius 1 is 1.41 bits per heavy atom. The van der Waals surface area contributed by atoms with Crippen LogP contribution >= 0.6 is 11.6 Å². The molecule has 4 nitrogen and oxygen atoms in total. The zero-order valence-electron chi connectivity index (χ0n) is 9.41. The Balaban J connectivity index is 2.23. The van der Waals surface area contributed by atoms with Crippen molar-refractivity contribution in [1.82, 2.24) is 5.32 Å². The van der Waals surface area contributed by atoms with E-state index in [1.54, 1.807) is 24.3 Å². The maximum absolute atomic E-state index is 11.3. The number of nitrogens with two attached hydrogens (primary N) is 1. The first-order chi connectivity index (χ1) is 8.08. The van der Waals surface area contributed by atoms with E-state index in [-0.39, 0.29) is 12.5 Å². The molecule has 92 valence electrons. The predicted molar refractivity (Wildman–Crippen MR) is 67.9 cm³/mol. The third-order valence-corrected chi connectivity index (χ3v) is 2.20. The van der Waals surface area contributed by atoms with Crippen LogP contribution in [0.3, 0.4) is 0 Å². The van der Waals surface area contributed by atoms with Gasteiger partial charge in [0, 0.05) is 23.7 Å². The molecule has 0 aliphatic carbocycles. The monoisotopic (exact) mass is 254 g/mol. The van der Waals surface area contributed by atoms with Crippen LogP contribution in [-0.4, -0.2) is 19.1 Å². The van der Waals surface area contributed by atoms with Crippen molar-refractivity contribution in [2.24, 2.45) is 5.73 Å². The number of carbonyl (C=O) groups is 1. The van der Waals surface area contributed by atoms with Crippen LogP contribution in [0.15, 0.2) is 36.5 Å². The molecule has 1 aromatic carbocycles. The zero-order valence-corrected chi connectivity index (χ0v) is 10.2. The van der Waals surface area contributed by atoms with Crippen molar-refractivity contribution in [1.29, 1.82) is 0 Å². The van der Waals surface area contributed by atoms with Crippen molar-refractivity contribution in [2.45, 2.75) is 6.42 Å². The average Bonchev–Trinajstić information content (AvgIpc) is 2.28. The van der Waals surface area contributed by atoms with Crippen LogP contribution in [-0.2, 0) is 4.79 Å². The normalized spacial score (nSPS) is 9.71. The summed E-state index contributed by atoms with van der Waals surface area (Å²) in [6.45, 7) is 3.98. The van der Waals surface area contributed by atoms with Gasteiger partial charge in [-0.1, -0.05) is 18.2 Å². The number of rotatable bonds is 6. The van der Waals surface area contributed by atoms with Gasteiger partial charge in [0.05, 0.1) is 0 Å². The number of ether oxygens (including phenoxy) is 1. The van der Waals surface area contributed by atoms with E-state index in [2.05, 4.69) is 11.9 Å². The van der Waals surface area contributed by atoms with Gasteiger partial charge in [0.25, 0.3) is 5.91 Å². The summed E-state index contributed by atoms with van der Waals surface area (Å²) in [6, 6.07) is 6.81. The SMILES string of the molecule is C=C(N)CCNC(=O)COc1ccc(Cl)cc1. The minimum absolute atomic E-state index is 0.0291. The molecule has 0 saturated heterocycles. The summed E-state index contributed by atoms with van der Waals surface area (Å²) in [7, 11) is 0. The average molecular weight is 255 g/mol. The second-order valence-corrected chi connectivity index (χ2v) is 3.94. The lowest BCUT2D eigenvalue weighted by atomic mass is 10.3. The third-order valence-electron chi connectivity index (χ3n) is 1.95. The summed E-state index contributed by atoms with van der Waals surface area (Å²) in [5.74, 6) is 0.411. The second-order valence-electron chi connectivity index (χ2n) is 3.50. The van der Waals surface area contributed by atoms with Crippen LogP contribution < -0.4 is 15.8 Å². The molecule has 1 rings (SSSR count). The van der Waals surface area contributed by atoms with Crippen LogP contribution in [0.5, 0.6) is 5.75 Å². The Hall–Kier alpha value is -1.68. The number of hydrogen-bond donors (Lipinski definition) is 2. The maximum Gasteiger partial charge on any atom is 0.257 e. The summed E-state index contributed by atoms with van der Waals surface area (Å²) >= 11 is 5.72. The van der Waals surface area contributed by atoms with Gasteiger partial charge in [0.15, 0.2) is 6.61 Å². The zero-order chi connectivity index (χ0) is 12.7. The lowest BCUT2D eigenvalue weighted by molar-refractivity contribution is -0.123. The number of benzene rings is 1. The topological polar surface area (TPSA) is 64.3 Å². The minimum Gasteiger partial charge on any atom is -0.484 e. The summed E-state index contributed by atoms with van der Waals surface area (Å²) < 4.78 is 5.26. The Morgan fingerprint density at radius 2 is 2.06 bits per heavy atom. The van der Waals surface area contributed by atoms with Gasteiger partial charge in [-0.05, 0) is 24.3 Å².